The molecule has 0 saturated carbocycles. The smallest absolute Gasteiger partial charge is 0.158 e. The largest absolute Gasteiger partial charge is 0.326 e. The van der Waals surface area contributed by atoms with Crippen molar-refractivity contribution in [2.24, 2.45) is 5.73 Å². The molecule has 0 aliphatic heterocycles. The molecule has 0 fully saturated rings. The number of pyridine rings is 1. The molecule has 0 aliphatic rings. The number of nitrogens with two attached hydrogens (primary N) is 1. The number of nitrogens with zero attached hydrogens (tertiary/aromatic N) is 3. The second-order valence-electron chi connectivity index (χ2n) is 2.94. The second-order valence-corrected chi connectivity index (χ2v) is 3.38. The van der Waals surface area contributed by atoms with E-state index in [1.54, 1.807) is 6.20 Å². The first kappa shape index (κ1) is 10.1. The van der Waals surface area contributed by atoms with E-state index in [-0.39, 0.29) is 6.54 Å². The molecule has 0 aliphatic carbocycles. The normalized spacial score (nSPS) is 10.6. The van der Waals surface area contributed by atoms with Crippen LogP contribution in [0.5, 0.6) is 0 Å². The minimum atomic E-state index is -0.419. The third-order valence-corrected chi connectivity index (χ3v) is 2.09. The molecule has 0 unspecified atom stereocenters. The number of aromatic nitrogens is 3. The van der Waals surface area contributed by atoms with Gasteiger partial charge in [0.15, 0.2) is 5.82 Å². The SMILES string of the molecule is NCc1cc(F)cnc1-n1cc(Cl)cn1. The molecule has 4 nitrogen and oxygen atoms in total. The van der Waals surface area contributed by atoms with Gasteiger partial charge in [0.05, 0.1) is 23.6 Å². The molecule has 78 valence electrons. The molecule has 2 aromatic heterocycles. The third-order valence-electron chi connectivity index (χ3n) is 1.90. The van der Waals surface area contributed by atoms with Crippen molar-refractivity contribution < 1.29 is 4.39 Å². The van der Waals surface area contributed by atoms with Crippen LogP contribution in [0.4, 0.5) is 4.39 Å². The molecule has 2 N–H and O–H groups in total. The van der Waals surface area contributed by atoms with Crippen LogP contribution in [0, 0.1) is 5.82 Å². The number of hydrogen-bond donors (Lipinski definition) is 1. The Hall–Kier alpha value is -1.46. The topological polar surface area (TPSA) is 56.7 Å². The lowest BCUT2D eigenvalue weighted by Gasteiger charge is -2.05. The van der Waals surface area contributed by atoms with Crippen LogP contribution in [-0.4, -0.2) is 14.8 Å². The van der Waals surface area contributed by atoms with Gasteiger partial charge in [-0.3, -0.25) is 0 Å². The van der Waals surface area contributed by atoms with Gasteiger partial charge in [0.25, 0.3) is 0 Å². The van der Waals surface area contributed by atoms with Gasteiger partial charge in [-0.1, -0.05) is 11.6 Å². The van der Waals surface area contributed by atoms with Gasteiger partial charge < -0.3 is 5.73 Å². The summed E-state index contributed by atoms with van der Waals surface area (Å²) in [4.78, 5) is 3.92. The van der Waals surface area contributed by atoms with E-state index >= 15 is 0 Å². The summed E-state index contributed by atoms with van der Waals surface area (Å²) < 4.78 is 14.3. The summed E-state index contributed by atoms with van der Waals surface area (Å²) in [6.07, 6.45) is 4.18. The van der Waals surface area contributed by atoms with E-state index < -0.39 is 5.82 Å². The molecule has 0 spiro atoms. The predicted molar refractivity (Wildman–Crippen MR) is 54.2 cm³/mol. The van der Waals surface area contributed by atoms with Crippen molar-refractivity contribution in [3.63, 3.8) is 0 Å². The summed E-state index contributed by atoms with van der Waals surface area (Å²) in [5, 5.41) is 4.46. The quantitative estimate of drug-likeness (QED) is 0.845. The van der Waals surface area contributed by atoms with Crippen LogP contribution in [0.3, 0.4) is 0 Å². The van der Waals surface area contributed by atoms with Crippen LogP contribution < -0.4 is 5.73 Å². The Kier molecular flexibility index (Phi) is 2.66. The first-order valence-electron chi connectivity index (χ1n) is 4.25. The first-order chi connectivity index (χ1) is 7.20. The number of hydrogen-bond acceptors (Lipinski definition) is 3. The Morgan fingerprint density at radius 2 is 2.27 bits per heavy atom. The molecule has 2 heterocycles. The average molecular weight is 227 g/mol. The van der Waals surface area contributed by atoms with Crippen molar-refractivity contribution in [2.75, 3.05) is 0 Å². The van der Waals surface area contributed by atoms with Crippen LogP contribution in [0.1, 0.15) is 5.56 Å². The molecule has 0 atom stereocenters. The van der Waals surface area contributed by atoms with Gasteiger partial charge >= 0.3 is 0 Å². The first-order valence-corrected chi connectivity index (χ1v) is 4.63. The maximum absolute atomic E-state index is 12.9. The molecule has 2 rings (SSSR count). The van der Waals surface area contributed by atoms with E-state index in [1.807, 2.05) is 0 Å². The zero-order chi connectivity index (χ0) is 10.8. The average Bonchev–Trinajstić information content (AvgIpc) is 2.64. The van der Waals surface area contributed by atoms with E-state index in [2.05, 4.69) is 10.1 Å². The Labute approximate surface area is 90.5 Å². The van der Waals surface area contributed by atoms with E-state index in [0.717, 1.165) is 6.20 Å². The van der Waals surface area contributed by atoms with Crippen molar-refractivity contribution in [2.45, 2.75) is 6.54 Å². The second kappa shape index (κ2) is 3.96. The van der Waals surface area contributed by atoms with Crippen molar-refractivity contribution in [1.82, 2.24) is 14.8 Å². The lowest BCUT2D eigenvalue weighted by Crippen LogP contribution is -2.07. The van der Waals surface area contributed by atoms with E-state index in [4.69, 9.17) is 17.3 Å². The minimum Gasteiger partial charge on any atom is -0.326 e. The highest BCUT2D eigenvalue weighted by Gasteiger charge is 2.07. The Bertz CT molecular complexity index is 483. The van der Waals surface area contributed by atoms with Crippen molar-refractivity contribution in [3.05, 3.63) is 41.1 Å². The van der Waals surface area contributed by atoms with Crippen LogP contribution >= 0.6 is 11.6 Å². The fourth-order valence-corrected chi connectivity index (χ4v) is 1.38. The fraction of sp³-hybridized carbons (Fsp3) is 0.111. The molecule has 0 amide bonds. The lowest BCUT2D eigenvalue weighted by atomic mass is 10.2. The molecule has 0 radical (unpaired) electrons. The third kappa shape index (κ3) is 1.98. The van der Waals surface area contributed by atoms with Crippen LogP contribution in [0.15, 0.2) is 24.7 Å². The van der Waals surface area contributed by atoms with Crippen LogP contribution in [-0.2, 0) is 6.54 Å². The molecular weight excluding hydrogens is 219 g/mol. The minimum absolute atomic E-state index is 0.192. The standard InChI is InChI=1S/C9H8ClFN4/c10-7-3-14-15(5-7)9-6(2-12)1-8(11)4-13-9/h1,3-5H,2,12H2. The fourth-order valence-electron chi connectivity index (χ4n) is 1.25. The van der Waals surface area contributed by atoms with Crippen molar-refractivity contribution in [3.8, 4) is 5.82 Å². The summed E-state index contributed by atoms with van der Waals surface area (Å²) in [6.45, 7) is 0.192. The molecule has 6 heteroatoms. The van der Waals surface area contributed by atoms with Gasteiger partial charge in [0.2, 0.25) is 0 Å². The summed E-state index contributed by atoms with van der Waals surface area (Å²) >= 11 is 5.72. The number of rotatable bonds is 2. The highest BCUT2D eigenvalue weighted by molar-refractivity contribution is 6.30. The number of halogens is 2. The molecular formula is C9H8ClFN4. The summed E-state index contributed by atoms with van der Waals surface area (Å²) in [5.74, 6) is 0.0725. The summed E-state index contributed by atoms with van der Waals surface area (Å²) in [5.41, 5.74) is 6.06. The van der Waals surface area contributed by atoms with Gasteiger partial charge in [-0.05, 0) is 6.07 Å². The van der Waals surface area contributed by atoms with Gasteiger partial charge in [0, 0.05) is 12.1 Å². The summed E-state index contributed by atoms with van der Waals surface area (Å²) in [6, 6.07) is 1.33. The Balaban J connectivity index is 2.52. The molecule has 15 heavy (non-hydrogen) atoms. The lowest BCUT2D eigenvalue weighted by molar-refractivity contribution is 0.615. The van der Waals surface area contributed by atoms with E-state index in [1.165, 1.54) is 16.9 Å². The predicted octanol–water partition coefficient (Wildman–Crippen LogP) is 1.52. The molecule has 2 aromatic rings. The maximum atomic E-state index is 12.9. The van der Waals surface area contributed by atoms with E-state index in [0.29, 0.717) is 16.4 Å². The van der Waals surface area contributed by atoms with Crippen molar-refractivity contribution >= 4 is 11.6 Å². The van der Waals surface area contributed by atoms with Gasteiger partial charge in [-0.2, -0.15) is 5.10 Å². The zero-order valence-electron chi connectivity index (χ0n) is 7.69. The Morgan fingerprint density at radius 1 is 1.47 bits per heavy atom. The summed E-state index contributed by atoms with van der Waals surface area (Å²) in [7, 11) is 0. The highest BCUT2D eigenvalue weighted by Crippen LogP contribution is 2.14. The van der Waals surface area contributed by atoms with Crippen LogP contribution in [0.25, 0.3) is 5.82 Å². The van der Waals surface area contributed by atoms with Gasteiger partial charge in [0.1, 0.15) is 5.82 Å². The maximum Gasteiger partial charge on any atom is 0.158 e. The molecule has 0 saturated heterocycles. The highest BCUT2D eigenvalue weighted by atomic mass is 35.5. The van der Waals surface area contributed by atoms with E-state index in [9.17, 15) is 4.39 Å². The Morgan fingerprint density at radius 3 is 2.87 bits per heavy atom. The molecule has 0 aromatic carbocycles. The van der Waals surface area contributed by atoms with Gasteiger partial charge in [-0.25, -0.2) is 14.1 Å². The van der Waals surface area contributed by atoms with Gasteiger partial charge in [-0.15, -0.1) is 0 Å². The van der Waals surface area contributed by atoms with Crippen LogP contribution in [0.2, 0.25) is 5.02 Å². The zero-order valence-corrected chi connectivity index (χ0v) is 8.45. The molecule has 0 bridgehead atoms. The van der Waals surface area contributed by atoms with Crippen molar-refractivity contribution in [1.29, 1.82) is 0 Å². The monoisotopic (exact) mass is 226 g/mol.